The third-order valence-electron chi connectivity index (χ3n) is 6.14. The number of hydrogen-bond acceptors (Lipinski definition) is 5. The van der Waals surface area contributed by atoms with Crippen LogP contribution in [0.3, 0.4) is 0 Å². The van der Waals surface area contributed by atoms with Gasteiger partial charge < -0.3 is 9.67 Å². The minimum absolute atomic E-state index is 0.0326. The smallest absolute Gasteiger partial charge is 0.240 e. The Bertz CT molecular complexity index is 1660. The van der Waals surface area contributed by atoms with Gasteiger partial charge in [-0.3, -0.25) is 9.59 Å². The first-order valence-electron chi connectivity index (χ1n) is 12.2. The summed E-state index contributed by atoms with van der Waals surface area (Å²) in [7, 11) is -3.83. The monoisotopic (exact) mass is 552 g/mol. The molecule has 0 bridgehead atoms. The number of halogens is 1. The number of benzene rings is 3. The topological polar surface area (TPSA) is 105 Å². The molecule has 3 aromatic carbocycles. The molecule has 4 rings (SSSR count). The Morgan fingerprint density at radius 3 is 2.29 bits per heavy atom. The lowest BCUT2D eigenvalue weighted by Gasteiger charge is -2.20. The van der Waals surface area contributed by atoms with Crippen molar-refractivity contribution in [3.05, 3.63) is 105 Å². The van der Waals surface area contributed by atoms with E-state index in [0.29, 0.717) is 27.1 Å². The van der Waals surface area contributed by atoms with Gasteiger partial charge in [-0.05, 0) is 61.9 Å². The number of aliphatic hydroxyl groups is 1. The van der Waals surface area contributed by atoms with E-state index in [1.165, 1.54) is 26.0 Å². The van der Waals surface area contributed by atoms with Crippen LogP contribution in [-0.4, -0.2) is 36.0 Å². The van der Waals surface area contributed by atoms with E-state index in [9.17, 15) is 23.1 Å². The summed E-state index contributed by atoms with van der Waals surface area (Å²) < 4.78 is 29.4. The molecule has 0 spiro atoms. The SMILES string of the molecule is CCC(=O)c1c(Cc2ccc(S(=O)(=O)NCC(C)(C)O)cc2)c(=O)c2ccc(Cl)cc2n1-c1ccccc1. The van der Waals surface area contributed by atoms with Crippen LogP contribution in [0.2, 0.25) is 5.02 Å². The van der Waals surface area contributed by atoms with Crippen LogP contribution in [0.1, 0.15) is 48.8 Å². The number of fused-ring (bicyclic) bond motifs is 1. The van der Waals surface area contributed by atoms with Crippen molar-refractivity contribution in [1.29, 1.82) is 0 Å². The second-order valence-electron chi connectivity index (χ2n) is 9.72. The van der Waals surface area contributed by atoms with Crippen molar-refractivity contribution >= 4 is 38.3 Å². The molecule has 1 heterocycles. The number of hydrogen-bond donors (Lipinski definition) is 2. The molecule has 1 aromatic heterocycles. The summed E-state index contributed by atoms with van der Waals surface area (Å²) in [4.78, 5) is 27.1. The molecule has 0 fully saturated rings. The first-order valence-corrected chi connectivity index (χ1v) is 14.0. The van der Waals surface area contributed by atoms with Gasteiger partial charge in [0.25, 0.3) is 0 Å². The summed E-state index contributed by atoms with van der Waals surface area (Å²) in [5.41, 5.74) is 1.05. The van der Waals surface area contributed by atoms with Gasteiger partial charge in [-0.25, -0.2) is 13.1 Å². The average molecular weight is 553 g/mol. The molecule has 0 aliphatic heterocycles. The van der Waals surface area contributed by atoms with E-state index in [4.69, 9.17) is 11.6 Å². The molecule has 4 aromatic rings. The van der Waals surface area contributed by atoms with Crippen LogP contribution >= 0.6 is 11.6 Å². The number of aromatic nitrogens is 1. The number of sulfonamides is 1. The first kappa shape index (κ1) is 27.7. The van der Waals surface area contributed by atoms with E-state index in [0.717, 1.165) is 5.69 Å². The Balaban J connectivity index is 1.86. The zero-order chi connectivity index (χ0) is 27.7. The van der Waals surface area contributed by atoms with Gasteiger partial charge in [0.2, 0.25) is 10.0 Å². The maximum Gasteiger partial charge on any atom is 0.240 e. The molecule has 0 atom stereocenters. The number of nitrogens with zero attached hydrogens (tertiary/aromatic N) is 1. The van der Waals surface area contributed by atoms with Crippen molar-refractivity contribution in [3.63, 3.8) is 0 Å². The van der Waals surface area contributed by atoms with Gasteiger partial charge in [0.15, 0.2) is 11.2 Å². The number of para-hydroxylation sites is 1. The molecule has 0 aliphatic rings. The van der Waals surface area contributed by atoms with E-state index in [1.807, 2.05) is 30.3 Å². The lowest BCUT2D eigenvalue weighted by Crippen LogP contribution is -2.38. The minimum atomic E-state index is -3.83. The van der Waals surface area contributed by atoms with Gasteiger partial charge in [0, 0.05) is 41.0 Å². The van der Waals surface area contributed by atoms with E-state index < -0.39 is 15.6 Å². The van der Waals surface area contributed by atoms with E-state index in [2.05, 4.69) is 4.72 Å². The number of nitrogens with one attached hydrogen (secondary N) is 1. The van der Waals surface area contributed by atoms with Crippen molar-refractivity contribution in [2.45, 2.75) is 44.1 Å². The Morgan fingerprint density at radius 2 is 1.68 bits per heavy atom. The molecule has 0 radical (unpaired) electrons. The van der Waals surface area contributed by atoms with Crippen molar-refractivity contribution in [2.24, 2.45) is 0 Å². The number of carbonyl (C=O) groups is 1. The Kier molecular flexibility index (Phi) is 7.90. The molecule has 0 amide bonds. The lowest BCUT2D eigenvalue weighted by atomic mass is 9.97. The second kappa shape index (κ2) is 10.8. The molecule has 7 nitrogen and oxygen atoms in total. The lowest BCUT2D eigenvalue weighted by molar-refractivity contribution is 0.0857. The number of rotatable bonds is 9. The molecule has 0 aliphatic carbocycles. The average Bonchev–Trinajstić information content (AvgIpc) is 2.89. The normalized spacial score (nSPS) is 12.1. The first-order chi connectivity index (χ1) is 17.9. The van der Waals surface area contributed by atoms with Crippen molar-refractivity contribution in [3.8, 4) is 5.69 Å². The zero-order valence-electron chi connectivity index (χ0n) is 21.4. The second-order valence-corrected chi connectivity index (χ2v) is 11.9. The fraction of sp³-hybridized carbons (Fsp3) is 0.241. The van der Waals surface area contributed by atoms with Gasteiger partial charge >= 0.3 is 0 Å². The van der Waals surface area contributed by atoms with Crippen molar-refractivity contribution in [1.82, 2.24) is 9.29 Å². The Hall–Kier alpha value is -3.30. The van der Waals surface area contributed by atoms with Crippen LogP contribution in [0, 0.1) is 0 Å². The summed E-state index contributed by atoms with van der Waals surface area (Å²) >= 11 is 6.30. The van der Waals surface area contributed by atoms with Crippen LogP contribution in [0.25, 0.3) is 16.6 Å². The van der Waals surface area contributed by atoms with Gasteiger partial charge in [-0.2, -0.15) is 0 Å². The third kappa shape index (κ3) is 5.89. The molecule has 2 N–H and O–H groups in total. The molecule has 38 heavy (non-hydrogen) atoms. The van der Waals surface area contributed by atoms with Crippen LogP contribution in [0.4, 0.5) is 0 Å². The summed E-state index contributed by atoms with van der Waals surface area (Å²) in [5.74, 6) is -0.196. The highest BCUT2D eigenvalue weighted by Crippen LogP contribution is 2.27. The molecular weight excluding hydrogens is 524 g/mol. The summed E-state index contributed by atoms with van der Waals surface area (Å²) in [6.45, 7) is 4.62. The molecular formula is C29H29ClN2O5S. The maximum absolute atomic E-state index is 13.7. The van der Waals surface area contributed by atoms with Gasteiger partial charge in [-0.1, -0.05) is 48.9 Å². The summed E-state index contributed by atoms with van der Waals surface area (Å²) in [5, 5.41) is 10.7. The zero-order valence-corrected chi connectivity index (χ0v) is 22.9. The number of carbonyl (C=O) groups excluding carboxylic acids is 1. The predicted octanol–water partition coefficient (Wildman–Crippen LogP) is 4.88. The molecule has 0 unspecified atom stereocenters. The predicted molar refractivity (Wildman–Crippen MR) is 150 cm³/mol. The molecule has 0 saturated heterocycles. The fourth-order valence-corrected chi connectivity index (χ4v) is 5.59. The maximum atomic E-state index is 13.7. The van der Waals surface area contributed by atoms with Gasteiger partial charge in [0.05, 0.1) is 21.7 Å². The Labute approximate surface area is 226 Å². The van der Waals surface area contributed by atoms with Crippen LogP contribution in [0.5, 0.6) is 0 Å². The molecule has 198 valence electrons. The number of pyridine rings is 1. The fourth-order valence-electron chi connectivity index (χ4n) is 4.22. The Morgan fingerprint density at radius 1 is 1.03 bits per heavy atom. The largest absolute Gasteiger partial charge is 0.389 e. The number of Topliss-reactive ketones (excluding diaryl/α,β-unsaturated/α-hetero) is 1. The molecule has 9 heteroatoms. The van der Waals surface area contributed by atoms with Crippen LogP contribution in [0.15, 0.2) is 82.5 Å². The van der Waals surface area contributed by atoms with Crippen molar-refractivity contribution < 1.29 is 18.3 Å². The standard InChI is InChI=1S/C29H29ClN2O5S/c1-4-26(33)27-24(16-19-10-13-22(14-11-19)38(36,37)31-18-29(2,3)35)28(34)23-15-12-20(30)17-25(23)32(27)21-8-6-5-7-9-21/h5-15,17,31,35H,4,16,18H2,1-3H3. The quantitative estimate of drug-likeness (QED) is 0.288. The van der Waals surface area contributed by atoms with E-state index in [-0.39, 0.29) is 41.2 Å². The van der Waals surface area contributed by atoms with E-state index >= 15 is 0 Å². The highest BCUT2D eigenvalue weighted by Gasteiger charge is 2.24. The summed E-state index contributed by atoms with van der Waals surface area (Å²) in [6, 6.07) is 20.4. The minimum Gasteiger partial charge on any atom is -0.389 e. The van der Waals surface area contributed by atoms with Gasteiger partial charge in [0.1, 0.15) is 0 Å². The van der Waals surface area contributed by atoms with Crippen LogP contribution < -0.4 is 10.2 Å². The molecule has 0 saturated carbocycles. The number of ketones is 1. The van der Waals surface area contributed by atoms with Crippen LogP contribution in [-0.2, 0) is 16.4 Å². The van der Waals surface area contributed by atoms with E-state index in [1.54, 1.807) is 41.8 Å². The summed E-state index contributed by atoms with van der Waals surface area (Å²) in [6.07, 6.45) is 0.318. The third-order valence-corrected chi connectivity index (χ3v) is 7.79. The van der Waals surface area contributed by atoms with Gasteiger partial charge in [-0.15, -0.1) is 0 Å². The highest BCUT2D eigenvalue weighted by atomic mass is 35.5. The van der Waals surface area contributed by atoms with Crippen molar-refractivity contribution in [2.75, 3.05) is 6.54 Å². The highest BCUT2D eigenvalue weighted by molar-refractivity contribution is 7.89.